The van der Waals surface area contributed by atoms with E-state index in [1.807, 2.05) is 13.1 Å². The summed E-state index contributed by atoms with van der Waals surface area (Å²) < 4.78 is 29.6. The van der Waals surface area contributed by atoms with Gasteiger partial charge < -0.3 is 0 Å². The van der Waals surface area contributed by atoms with Crippen LogP contribution in [0.4, 0.5) is 0 Å². The molecule has 24 heavy (non-hydrogen) atoms. The van der Waals surface area contributed by atoms with Crippen molar-refractivity contribution in [3.05, 3.63) is 29.7 Å². The van der Waals surface area contributed by atoms with Crippen LogP contribution in [0.2, 0.25) is 0 Å². The van der Waals surface area contributed by atoms with E-state index in [9.17, 15) is 8.42 Å². The zero-order valence-electron chi connectivity index (χ0n) is 13.8. The highest BCUT2D eigenvalue weighted by Gasteiger charge is 2.29. The Morgan fingerprint density at radius 2 is 2.12 bits per heavy atom. The third kappa shape index (κ3) is 3.57. The van der Waals surface area contributed by atoms with E-state index in [1.54, 1.807) is 10.9 Å². The Morgan fingerprint density at radius 3 is 2.71 bits per heavy atom. The number of sulfone groups is 1. The topological polar surface area (TPSA) is 81.0 Å². The first kappa shape index (κ1) is 17.2. The minimum atomic E-state index is -3.25. The summed E-state index contributed by atoms with van der Waals surface area (Å²) in [5, 5.41) is 8.47. The molecule has 0 N–H and O–H groups in total. The van der Waals surface area contributed by atoms with E-state index in [-0.39, 0.29) is 5.92 Å². The number of nitrogens with zero attached hydrogens (tertiary/aromatic N) is 5. The molecule has 0 atom stereocenters. The molecule has 1 fully saturated rings. The van der Waals surface area contributed by atoms with Crippen LogP contribution in [0.1, 0.15) is 35.7 Å². The number of piperidine rings is 1. The molecule has 0 spiro atoms. The van der Waals surface area contributed by atoms with E-state index in [0.717, 1.165) is 49.7 Å². The molecule has 0 radical (unpaired) electrons. The molecule has 2 aromatic heterocycles. The summed E-state index contributed by atoms with van der Waals surface area (Å²) in [6.07, 6.45) is 6.69. The highest BCUT2D eigenvalue weighted by atomic mass is 32.2. The van der Waals surface area contributed by atoms with Gasteiger partial charge >= 0.3 is 0 Å². The first-order valence-corrected chi connectivity index (χ1v) is 10.5. The van der Waals surface area contributed by atoms with Crippen LogP contribution in [0.5, 0.6) is 0 Å². The van der Waals surface area contributed by atoms with Crippen LogP contribution in [0.15, 0.2) is 17.0 Å². The van der Waals surface area contributed by atoms with E-state index >= 15 is 0 Å². The molecule has 130 valence electrons. The molecule has 0 unspecified atom stereocenters. The molecule has 9 heteroatoms. The lowest BCUT2D eigenvalue weighted by Crippen LogP contribution is -2.33. The summed E-state index contributed by atoms with van der Waals surface area (Å²) in [5.41, 5.74) is 2.86. The molecule has 0 bridgehead atoms. The second-order valence-electron chi connectivity index (χ2n) is 6.17. The van der Waals surface area contributed by atoms with Gasteiger partial charge in [0.15, 0.2) is 14.0 Å². The van der Waals surface area contributed by atoms with Crippen molar-refractivity contribution in [1.82, 2.24) is 24.3 Å². The molecule has 3 rings (SSSR count). The van der Waals surface area contributed by atoms with Crippen LogP contribution in [-0.4, -0.2) is 52.0 Å². The zero-order chi connectivity index (χ0) is 17.3. The molecule has 1 saturated heterocycles. The summed E-state index contributed by atoms with van der Waals surface area (Å²) in [6.45, 7) is 8.39. The Morgan fingerprint density at radius 1 is 1.42 bits per heavy atom. The highest BCUT2D eigenvalue weighted by molar-refractivity contribution is 7.92. The van der Waals surface area contributed by atoms with Crippen LogP contribution in [0, 0.1) is 6.92 Å². The van der Waals surface area contributed by atoms with Crippen molar-refractivity contribution < 1.29 is 8.42 Å². The molecule has 0 aliphatic carbocycles. The Labute approximate surface area is 146 Å². The molecular formula is C15H21N5O2S2. The molecule has 3 heterocycles. The Bertz CT molecular complexity index is 832. The van der Waals surface area contributed by atoms with Gasteiger partial charge in [0.1, 0.15) is 0 Å². The predicted molar refractivity (Wildman–Crippen MR) is 93.6 cm³/mol. The monoisotopic (exact) mass is 367 g/mol. The second kappa shape index (κ2) is 6.73. The van der Waals surface area contributed by atoms with Gasteiger partial charge in [0.25, 0.3) is 0 Å². The summed E-state index contributed by atoms with van der Waals surface area (Å²) in [6, 6.07) is 0. The van der Waals surface area contributed by atoms with Gasteiger partial charge in [-0.2, -0.15) is 5.10 Å². The fourth-order valence-corrected chi connectivity index (χ4v) is 4.80. The largest absolute Gasteiger partial charge is 0.299 e. The average molecular weight is 368 g/mol. The summed E-state index contributed by atoms with van der Waals surface area (Å²) >= 11 is 0.978. The number of hydrogen-bond donors (Lipinski definition) is 0. The maximum absolute atomic E-state index is 11.8. The first-order chi connectivity index (χ1) is 11.4. The molecular weight excluding hydrogens is 346 g/mol. The Kier molecular flexibility index (Phi) is 4.84. The number of rotatable bonds is 5. The van der Waals surface area contributed by atoms with Gasteiger partial charge in [-0.3, -0.25) is 4.90 Å². The summed E-state index contributed by atoms with van der Waals surface area (Å²) in [7, 11) is -3.25. The van der Waals surface area contributed by atoms with E-state index in [2.05, 4.69) is 26.2 Å². The van der Waals surface area contributed by atoms with Crippen molar-refractivity contribution in [2.75, 3.05) is 19.3 Å². The maximum Gasteiger partial charge on any atom is 0.188 e. The third-order valence-corrected chi connectivity index (χ3v) is 6.94. The average Bonchev–Trinajstić information content (AvgIpc) is 3.15. The van der Waals surface area contributed by atoms with Crippen LogP contribution in [0.3, 0.4) is 0 Å². The predicted octanol–water partition coefficient (Wildman–Crippen LogP) is 1.93. The minimum Gasteiger partial charge on any atom is -0.299 e. The van der Waals surface area contributed by atoms with Crippen LogP contribution in [0.25, 0.3) is 6.20 Å². The molecule has 1 aliphatic heterocycles. The summed E-state index contributed by atoms with van der Waals surface area (Å²) in [5.74, 6) is 0.168. The van der Waals surface area contributed by atoms with Gasteiger partial charge in [-0.25, -0.2) is 13.1 Å². The van der Waals surface area contributed by atoms with Crippen LogP contribution < -0.4 is 0 Å². The second-order valence-corrected chi connectivity index (χ2v) is 9.14. The van der Waals surface area contributed by atoms with Crippen molar-refractivity contribution in [2.45, 2.75) is 36.4 Å². The fourth-order valence-electron chi connectivity index (χ4n) is 3.07. The van der Waals surface area contributed by atoms with Gasteiger partial charge in [-0.15, -0.1) is 5.10 Å². The molecule has 1 aliphatic rings. The fraction of sp³-hybridized carbons (Fsp3) is 0.533. The lowest BCUT2D eigenvalue weighted by molar-refractivity contribution is 0.202. The Balaban J connectivity index is 1.65. The van der Waals surface area contributed by atoms with Gasteiger partial charge in [-0.05, 0) is 32.9 Å². The number of aryl methyl sites for hydroxylation is 1. The number of likely N-dealkylation sites (tertiary alicyclic amines) is 1. The van der Waals surface area contributed by atoms with Crippen LogP contribution in [-0.2, 0) is 16.4 Å². The Hall–Kier alpha value is -1.58. The molecule has 0 saturated carbocycles. The van der Waals surface area contributed by atoms with E-state index < -0.39 is 9.84 Å². The van der Waals surface area contributed by atoms with Crippen molar-refractivity contribution in [3.8, 4) is 0 Å². The lowest BCUT2D eigenvalue weighted by atomic mass is 9.94. The SMILES string of the molecule is C=Cn1cc(CN2CCC(c3nnsc3S(C)(=O)=O)CC2)c(C)n1. The normalized spacial score (nSPS) is 17.2. The van der Waals surface area contributed by atoms with Crippen molar-refractivity contribution in [3.63, 3.8) is 0 Å². The first-order valence-electron chi connectivity index (χ1n) is 7.80. The smallest absolute Gasteiger partial charge is 0.188 e. The summed E-state index contributed by atoms with van der Waals surface area (Å²) in [4.78, 5) is 2.37. The lowest BCUT2D eigenvalue weighted by Gasteiger charge is -2.31. The van der Waals surface area contributed by atoms with E-state index in [1.165, 1.54) is 11.8 Å². The van der Waals surface area contributed by atoms with E-state index in [4.69, 9.17) is 0 Å². The highest BCUT2D eigenvalue weighted by Crippen LogP contribution is 2.33. The van der Waals surface area contributed by atoms with Crippen LogP contribution >= 0.6 is 11.5 Å². The van der Waals surface area contributed by atoms with Gasteiger partial charge in [0, 0.05) is 48.2 Å². The molecule has 0 amide bonds. The minimum absolute atomic E-state index is 0.168. The molecule has 0 aromatic carbocycles. The number of hydrogen-bond acceptors (Lipinski definition) is 7. The van der Waals surface area contributed by atoms with Gasteiger partial charge in [0.05, 0.1) is 11.4 Å². The third-order valence-electron chi connectivity index (χ3n) is 4.39. The van der Waals surface area contributed by atoms with Crippen molar-refractivity contribution in [2.24, 2.45) is 0 Å². The standard InChI is InChI=1S/C15H21N5O2S2/c1-4-20-10-13(11(2)17-20)9-19-7-5-12(6-8-19)14-15(23-18-16-14)24(3,21)22/h4,10,12H,1,5-9H2,2-3H3. The number of aromatic nitrogens is 4. The van der Waals surface area contributed by atoms with Crippen molar-refractivity contribution >= 4 is 27.6 Å². The quantitative estimate of drug-likeness (QED) is 0.803. The van der Waals surface area contributed by atoms with Gasteiger partial charge in [-0.1, -0.05) is 11.1 Å². The van der Waals surface area contributed by atoms with E-state index in [0.29, 0.717) is 9.90 Å². The molecule has 7 nitrogen and oxygen atoms in total. The maximum atomic E-state index is 11.8. The van der Waals surface area contributed by atoms with Gasteiger partial charge in [0.2, 0.25) is 0 Å². The zero-order valence-corrected chi connectivity index (χ0v) is 15.5. The van der Waals surface area contributed by atoms with Crippen molar-refractivity contribution in [1.29, 1.82) is 0 Å². The molecule has 2 aromatic rings.